The van der Waals surface area contributed by atoms with Crippen molar-refractivity contribution in [2.24, 2.45) is 0 Å². The summed E-state index contributed by atoms with van der Waals surface area (Å²) in [6.45, 7) is 3.90. The molecule has 156 valence electrons. The van der Waals surface area contributed by atoms with Crippen molar-refractivity contribution in [2.45, 2.75) is 13.0 Å². The molecular formula is C21H21FN4O4. The largest absolute Gasteiger partial charge is 0.497 e. The fourth-order valence-corrected chi connectivity index (χ4v) is 3.66. The molecule has 1 atom stereocenters. The quantitative estimate of drug-likeness (QED) is 0.677. The number of hydrogen-bond donors (Lipinski definition) is 2. The number of carbonyl (C=O) groups is 1. The molecule has 3 heterocycles. The van der Waals surface area contributed by atoms with Crippen molar-refractivity contribution in [3.8, 4) is 11.4 Å². The van der Waals surface area contributed by atoms with Crippen LogP contribution in [0.4, 0.5) is 10.2 Å². The Morgan fingerprint density at radius 3 is 2.70 bits per heavy atom. The number of piperazine rings is 1. The van der Waals surface area contributed by atoms with Crippen LogP contribution >= 0.6 is 0 Å². The van der Waals surface area contributed by atoms with Crippen LogP contribution in [0.25, 0.3) is 16.7 Å². The van der Waals surface area contributed by atoms with E-state index in [2.05, 4.69) is 10.3 Å². The number of aromatic carboxylic acids is 1. The second-order valence-corrected chi connectivity index (χ2v) is 7.16. The molecule has 1 unspecified atom stereocenters. The molecular weight excluding hydrogens is 391 g/mol. The lowest BCUT2D eigenvalue weighted by molar-refractivity contribution is 0.0695. The smallest absolute Gasteiger partial charge is 0.341 e. The second kappa shape index (κ2) is 7.75. The molecule has 3 aromatic rings. The number of carboxylic acid groups (broad SMARTS) is 1. The molecule has 0 amide bonds. The number of rotatable bonds is 4. The van der Waals surface area contributed by atoms with E-state index in [0.717, 1.165) is 6.07 Å². The molecule has 1 fully saturated rings. The molecule has 4 rings (SSSR count). The highest BCUT2D eigenvalue weighted by Crippen LogP contribution is 2.26. The molecule has 1 aliphatic heterocycles. The van der Waals surface area contributed by atoms with Crippen LogP contribution in [0.2, 0.25) is 0 Å². The van der Waals surface area contributed by atoms with Gasteiger partial charge in [0.2, 0.25) is 5.43 Å². The summed E-state index contributed by atoms with van der Waals surface area (Å²) >= 11 is 0. The van der Waals surface area contributed by atoms with Crippen molar-refractivity contribution >= 4 is 22.8 Å². The third-order valence-corrected chi connectivity index (χ3v) is 5.27. The van der Waals surface area contributed by atoms with Gasteiger partial charge in [-0.25, -0.2) is 14.2 Å². The number of nitrogens with one attached hydrogen (secondary N) is 1. The van der Waals surface area contributed by atoms with Gasteiger partial charge in [0.25, 0.3) is 0 Å². The first-order valence-electron chi connectivity index (χ1n) is 9.51. The molecule has 2 aromatic heterocycles. The first-order valence-corrected chi connectivity index (χ1v) is 9.51. The SMILES string of the molecule is COc1ccc(-n2cc(C(=O)O)c(=O)c3cc(F)c(N4CCNCC4C)nc32)cc1. The van der Waals surface area contributed by atoms with Gasteiger partial charge in [-0.2, -0.15) is 0 Å². The molecule has 0 spiro atoms. The van der Waals surface area contributed by atoms with E-state index in [1.54, 1.807) is 24.3 Å². The van der Waals surface area contributed by atoms with E-state index < -0.39 is 22.8 Å². The van der Waals surface area contributed by atoms with Gasteiger partial charge in [0.1, 0.15) is 11.3 Å². The number of fused-ring (bicyclic) bond motifs is 1. The molecule has 0 bridgehead atoms. The number of pyridine rings is 2. The number of anilines is 1. The summed E-state index contributed by atoms with van der Waals surface area (Å²) in [5.74, 6) is -1.28. The Morgan fingerprint density at radius 1 is 1.33 bits per heavy atom. The maximum atomic E-state index is 15.0. The van der Waals surface area contributed by atoms with Crippen molar-refractivity contribution in [3.05, 3.63) is 58.1 Å². The number of carboxylic acids is 1. The molecule has 0 saturated carbocycles. The van der Waals surface area contributed by atoms with Crippen LogP contribution in [-0.2, 0) is 0 Å². The van der Waals surface area contributed by atoms with Gasteiger partial charge in [-0.3, -0.25) is 4.79 Å². The zero-order valence-electron chi connectivity index (χ0n) is 16.6. The Balaban J connectivity index is 1.99. The van der Waals surface area contributed by atoms with Crippen molar-refractivity contribution in [3.63, 3.8) is 0 Å². The summed E-state index contributed by atoms with van der Waals surface area (Å²) in [6.07, 6.45) is 1.23. The minimum absolute atomic E-state index is 0.0117. The Morgan fingerprint density at radius 2 is 2.07 bits per heavy atom. The van der Waals surface area contributed by atoms with Crippen molar-refractivity contribution in [2.75, 3.05) is 31.6 Å². The maximum Gasteiger partial charge on any atom is 0.341 e. The Bertz CT molecular complexity index is 1180. The molecule has 9 heteroatoms. The monoisotopic (exact) mass is 412 g/mol. The van der Waals surface area contributed by atoms with Gasteiger partial charge < -0.3 is 24.6 Å². The third-order valence-electron chi connectivity index (χ3n) is 5.27. The summed E-state index contributed by atoms with van der Waals surface area (Å²) < 4.78 is 21.7. The average molecular weight is 412 g/mol. The second-order valence-electron chi connectivity index (χ2n) is 7.16. The average Bonchev–Trinajstić information content (AvgIpc) is 2.74. The van der Waals surface area contributed by atoms with Crippen LogP contribution in [0.5, 0.6) is 5.75 Å². The van der Waals surface area contributed by atoms with Crippen LogP contribution < -0.4 is 20.4 Å². The van der Waals surface area contributed by atoms with Gasteiger partial charge in [-0.05, 0) is 37.3 Å². The van der Waals surface area contributed by atoms with E-state index in [-0.39, 0.29) is 22.9 Å². The molecule has 30 heavy (non-hydrogen) atoms. The predicted octanol–water partition coefficient (Wildman–Crippen LogP) is 2.03. The predicted molar refractivity (Wildman–Crippen MR) is 110 cm³/mol. The first-order chi connectivity index (χ1) is 14.4. The Kier molecular flexibility index (Phi) is 5.13. The number of hydrogen-bond acceptors (Lipinski definition) is 6. The van der Waals surface area contributed by atoms with Crippen LogP contribution in [0.15, 0.2) is 41.3 Å². The zero-order valence-corrected chi connectivity index (χ0v) is 16.6. The van der Waals surface area contributed by atoms with Gasteiger partial charge in [0.15, 0.2) is 17.3 Å². The highest BCUT2D eigenvalue weighted by Gasteiger charge is 2.25. The van der Waals surface area contributed by atoms with Crippen LogP contribution in [0, 0.1) is 5.82 Å². The lowest BCUT2D eigenvalue weighted by Crippen LogP contribution is -2.50. The lowest BCUT2D eigenvalue weighted by Gasteiger charge is -2.35. The van der Waals surface area contributed by atoms with E-state index in [1.807, 2.05) is 11.8 Å². The fourth-order valence-electron chi connectivity index (χ4n) is 3.66. The maximum absolute atomic E-state index is 15.0. The zero-order chi connectivity index (χ0) is 21.4. The number of benzene rings is 1. The molecule has 8 nitrogen and oxygen atoms in total. The van der Waals surface area contributed by atoms with E-state index in [9.17, 15) is 19.1 Å². The summed E-state index contributed by atoms with van der Waals surface area (Å²) in [5.41, 5.74) is -0.463. The standard InChI is InChI=1S/C21H21FN4O4/c1-12-10-23-7-8-25(12)20-17(22)9-15-18(27)16(21(28)29)11-26(19(15)24-20)13-3-5-14(30-2)6-4-13/h3-6,9,11-12,23H,7-8,10H2,1-2H3,(H,28,29). The summed E-state index contributed by atoms with van der Waals surface area (Å²) in [4.78, 5) is 30.7. The topological polar surface area (TPSA) is 96.7 Å². The number of nitrogens with zero attached hydrogens (tertiary/aromatic N) is 3. The van der Waals surface area contributed by atoms with Crippen LogP contribution in [-0.4, -0.2) is 53.4 Å². The van der Waals surface area contributed by atoms with Gasteiger partial charge in [0.05, 0.1) is 12.5 Å². The molecule has 0 aliphatic carbocycles. The van der Waals surface area contributed by atoms with E-state index in [1.165, 1.54) is 17.9 Å². The van der Waals surface area contributed by atoms with Gasteiger partial charge >= 0.3 is 5.97 Å². The van der Waals surface area contributed by atoms with Gasteiger partial charge in [-0.15, -0.1) is 0 Å². The summed E-state index contributed by atoms with van der Waals surface area (Å²) in [6, 6.07) is 7.95. The van der Waals surface area contributed by atoms with Crippen LogP contribution in [0.3, 0.4) is 0 Å². The first kappa shape index (κ1) is 19.8. The molecule has 1 aromatic carbocycles. The minimum Gasteiger partial charge on any atom is -0.497 e. The lowest BCUT2D eigenvalue weighted by atomic mass is 10.1. The highest BCUT2D eigenvalue weighted by atomic mass is 19.1. The molecule has 1 aliphatic rings. The Hall–Kier alpha value is -3.46. The van der Waals surface area contributed by atoms with E-state index in [0.29, 0.717) is 31.1 Å². The molecule has 0 radical (unpaired) electrons. The van der Waals surface area contributed by atoms with Gasteiger partial charge in [0, 0.05) is 37.6 Å². The summed E-state index contributed by atoms with van der Waals surface area (Å²) in [5, 5.41) is 12.6. The number of aromatic nitrogens is 2. The normalized spacial score (nSPS) is 16.6. The Labute approximate surface area is 171 Å². The third kappa shape index (κ3) is 3.37. The number of methoxy groups -OCH3 is 1. The van der Waals surface area contributed by atoms with Crippen molar-refractivity contribution in [1.29, 1.82) is 0 Å². The molecule has 2 N–H and O–H groups in total. The van der Waals surface area contributed by atoms with E-state index >= 15 is 0 Å². The van der Waals surface area contributed by atoms with E-state index in [4.69, 9.17) is 4.74 Å². The summed E-state index contributed by atoms with van der Waals surface area (Å²) in [7, 11) is 1.54. The molecule has 1 saturated heterocycles. The minimum atomic E-state index is -1.38. The number of halogens is 1. The fraction of sp³-hybridized carbons (Fsp3) is 0.286. The van der Waals surface area contributed by atoms with Crippen molar-refractivity contribution < 1.29 is 19.0 Å². The van der Waals surface area contributed by atoms with Crippen LogP contribution in [0.1, 0.15) is 17.3 Å². The highest BCUT2D eigenvalue weighted by molar-refractivity contribution is 5.92. The van der Waals surface area contributed by atoms with Gasteiger partial charge in [-0.1, -0.05) is 0 Å². The number of ether oxygens (including phenoxy) is 1. The van der Waals surface area contributed by atoms with Crippen molar-refractivity contribution in [1.82, 2.24) is 14.9 Å².